The average molecular weight is 353 g/mol. The lowest BCUT2D eigenvalue weighted by atomic mass is 9.87. The summed E-state index contributed by atoms with van der Waals surface area (Å²) < 4.78 is 5.51. The van der Waals surface area contributed by atoms with E-state index in [4.69, 9.17) is 4.74 Å². The molecule has 1 unspecified atom stereocenters. The van der Waals surface area contributed by atoms with Crippen LogP contribution in [0.25, 0.3) is 0 Å². The molecule has 2 heterocycles. The van der Waals surface area contributed by atoms with E-state index >= 15 is 0 Å². The molecule has 138 valence electrons. The van der Waals surface area contributed by atoms with E-state index in [1.165, 1.54) is 5.56 Å². The first-order valence-corrected chi connectivity index (χ1v) is 9.15. The molecule has 5 heteroatoms. The zero-order valence-electron chi connectivity index (χ0n) is 15.7. The Morgan fingerprint density at radius 2 is 1.96 bits per heavy atom. The Morgan fingerprint density at radius 1 is 1.19 bits per heavy atom. The third-order valence-electron chi connectivity index (χ3n) is 4.56. The summed E-state index contributed by atoms with van der Waals surface area (Å²) in [6.45, 7) is 7.93. The average Bonchev–Trinajstić information content (AvgIpc) is 3.13. The van der Waals surface area contributed by atoms with Gasteiger partial charge in [0.1, 0.15) is 5.82 Å². The molecular weight excluding hydrogens is 326 g/mol. The van der Waals surface area contributed by atoms with Gasteiger partial charge in [-0.25, -0.2) is 4.98 Å². The largest absolute Gasteiger partial charge is 0.376 e. The Morgan fingerprint density at radius 3 is 2.54 bits per heavy atom. The lowest BCUT2D eigenvalue weighted by Crippen LogP contribution is -2.31. The van der Waals surface area contributed by atoms with E-state index in [0.717, 1.165) is 25.1 Å². The summed E-state index contributed by atoms with van der Waals surface area (Å²) in [6, 6.07) is 11.9. The first kappa shape index (κ1) is 18.4. The minimum atomic E-state index is -0.117. The molecule has 1 atom stereocenters. The number of aromatic nitrogens is 1. The molecule has 0 aliphatic carbocycles. The SMILES string of the molecule is CC(C)(C)c1ccc(Nc2ccc(C(=O)NCC3CCCO3)cn2)cc1. The molecule has 26 heavy (non-hydrogen) atoms. The monoisotopic (exact) mass is 353 g/mol. The van der Waals surface area contributed by atoms with Gasteiger partial charge in [0.2, 0.25) is 0 Å². The number of ether oxygens (including phenoxy) is 1. The molecule has 1 aliphatic heterocycles. The van der Waals surface area contributed by atoms with Crippen LogP contribution in [0.5, 0.6) is 0 Å². The van der Waals surface area contributed by atoms with Crippen molar-refractivity contribution in [1.29, 1.82) is 0 Å². The highest BCUT2D eigenvalue weighted by molar-refractivity contribution is 5.94. The first-order chi connectivity index (χ1) is 12.4. The van der Waals surface area contributed by atoms with Gasteiger partial charge in [-0.15, -0.1) is 0 Å². The minimum absolute atomic E-state index is 0.117. The van der Waals surface area contributed by atoms with Crippen LogP contribution in [-0.2, 0) is 10.2 Å². The van der Waals surface area contributed by atoms with Crippen LogP contribution in [0, 0.1) is 0 Å². The van der Waals surface area contributed by atoms with E-state index in [9.17, 15) is 4.79 Å². The molecule has 2 aromatic rings. The molecule has 1 saturated heterocycles. The maximum absolute atomic E-state index is 12.2. The van der Waals surface area contributed by atoms with E-state index in [-0.39, 0.29) is 17.4 Å². The zero-order chi connectivity index (χ0) is 18.6. The number of amides is 1. The Kier molecular flexibility index (Phi) is 5.57. The van der Waals surface area contributed by atoms with Crippen LogP contribution >= 0.6 is 0 Å². The van der Waals surface area contributed by atoms with Crippen LogP contribution in [0.2, 0.25) is 0 Å². The Balaban J connectivity index is 1.56. The third-order valence-corrected chi connectivity index (χ3v) is 4.56. The van der Waals surface area contributed by atoms with Crippen LogP contribution in [0.15, 0.2) is 42.6 Å². The van der Waals surface area contributed by atoms with Gasteiger partial charge >= 0.3 is 0 Å². The predicted molar refractivity (Wildman–Crippen MR) is 104 cm³/mol. The van der Waals surface area contributed by atoms with E-state index < -0.39 is 0 Å². The normalized spacial score (nSPS) is 17.1. The second kappa shape index (κ2) is 7.87. The quantitative estimate of drug-likeness (QED) is 0.852. The molecule has 1 aromatic heterocycles. The maximum Gasteiger partial charge on any atom is 0.252 e. The summed E-state index contributed by atoms with van der Waals surface area (Å²) in [5.41, 5.74) is 2.95. The molecular formula is C21H27N3O2. The van der Waals surface area contributed by atoms with Gasteiger partial charge in [-0.2, -0.15) is 0 Å². The van der Waals surface area contributed by atoms with Crippen molar-refractivity contribution in [3.63, 3.8) is 0 Å². The topological polar surface area (TPSA) is 63.2 Å². The molecule has 0 saturated carbocycles. The molecule has 3 rings (SSSR count). The number of carbonyl (C=O) groups excluding carboxylic acids is 1. The van der Waals surface area contributed by atoms with Crippen LogP contribution < -0.4 is 10.6 Å². The van der Waals surface area contributed by atoms with E-state index in [0.29, 0.717) is 17.9 Å². The third kappa shape index (κ3) is 4.82. The second-order valence-corrected chi connectivity index (χ2v) is 7.73. The van der Waals surface area contributed by atoms with Crippen molar-refractivity contribution < 1.29 is 9.53 Å². The van der Waals surface area contributed by atoms with Gasteiger partial charge in [-0.1, -0.05) is 32.9 Å². The number of rotatable bonds is 5. The van der Waals surface area contributed by atoms with Gasteiger partial charge in [0.25, 0.3) is 5.91 Å². The molecule has 1 amide bonds. The van der Waals surface area contributed by atoms with Crippen LogP contribution in [0.4, 0.5) is 11.5 Å². The van der Waals surface area contributed by atoms with Crippen molar-refractivity contribution in [3.05, 3.63) is 53.7 Å². The Bertz CT molecular complexity index is 727. The predicted octanol–water partition coefficient (Wildman–Crippen LogP) is 4.03. The van der Waals surface area contributed by atoms with Crippen molar-refractivity contribution in [2.45, 2.75) is 45.1 Å². The number of pyridine rings is 1. The summed E-state index contributed by atoms with van der Waals surface area (Å²) >= 11 is 0. The summed E-state index contributed by atoms with van der Waals surface area (Å²) in [5, 5.41) is 6.17. The highest BCUT2D eigenvalue weighted by atomic mass is 16.5. The van der Waals surface area contributed by atoms with Crippen LogP contribution in [-0.4, -0.2) is 30.1 Å². The van der Waals surface area contributed by atoms with Crippen molar-refractivity contribution in [3.8, 4) is 0 Å². The first-order valence-electron chi connectivity index (χ1n) is 9.15. The number of hydrogen-bond donors (Lipinski definition) is 2. The van der Waals surface area contributed by atoms with Crippen molar-refractivity contribution in [2.75, 3.05) is 18.5 Å². The van der Waals surface area contributed by atoms with E-state index in [2.05, 4.69) is 48.5 Å². The van der Waals surface area contributed by atoms with Crippen molar-refractivity contribution in [1.82, 2.24) is 10.3 Å². The fourth-order valence-corrected chi connectivity index (χ4v) is 2.92. The Hall–Kier alpha value is -2.40. The second-order valence-electron chi connectivity index (χ2n) is 7.73. The van der Waals surface area contributed by atoms with Crippen LogP contribution in [0.1, 0.15) is 49.5 Å². The van der Waals surface area contributed by atoms with Gasteiger partial charge in [-0.05, 0) is 48.1 Å². The van der Waals surface area contributed by atoms with Crippen molar-refractivity contribution in [2.24, 2.45) is 0 Å². The molecule has 2 N–H and O–H groups in total. The fourth-order valence-electron chi connectivity index (χ4n) is 2.92. The number of nitrogens with one attached hydrogen (secondary N) is 2. The lowest BCUT2D eigenvalue weighted by molar-refractivity contribution is 0.0857. The van der Waals surface area contributed by atoms with E-state index in [1.807, 2.05) is 18.2 Å². The summed E-state index contributed by atoms with van der Waals surface area (Å²) in [4.78, 5) is 16.5. The number of benzene rings is 1. The number of nitrogens with zero attached hydrogens (tertiary/aromatic N) is 1. The van der Waals surface area contributed by atoms with Crippen molar-refractivity contribution >= 4 is 17.4 Å². The highest BCUT2D eigenvalue weighted by Gasteiger charge is 2.17. The van der Waals surface area contributed by atoms with Gasteiger partial charge in [-0.3, -0.25) is 4.79 Å². The zero-order valence-corrected chi connectivity index (χ0v) is 15.7. The maximum atomic E-state index is 12.2. The van der Waals surface area contributed by atoms with Gasteiger partial charge < -0.3 is 15.4 Å². The summed E-state index contributed by atoms with van der Waals surface area (Å²) in [7, 11) is 0. The lowest BCUT2D eigenvalue weighted by Gasteiger charge is -2.19. The van der Waals surface area contributed by atoms with Gasteiger partial charge in [0.15, 0.2) is 0 Å². The minimum Gasteiger partial charge on any atom is -0.376 e. The number of anilines is 2. The fraction of sp³-hybridized carbons (Fsp3) is 0.429. The highest BCUT2D eigenvalue weighted by Crippen LogP contribution is 2.24. The molecule has 5 nitrogen and oxygen atoms in total. The molecule has 1 aliphatic rings. The number of hydrogen-bond acceptors (Lipinski definition) is 4. The summed E-state index contributed by atoms with van der Waals surface area (Å²) in [5.74, 6) is 0.596. The van der Waals surface area contributed by atoms with Gasteiger partial charge in [0, 0.05) is 25.0 Å². The molecule has 1 aromatic carbocycles. The number of carbonyl (C=O) groups is 1. The van der Waals surface area contributed by atoms with Gasteiger partial charge in [0.05, 0.1) is 11.7 Å². The molecule has 0 bridgehead atoms. The standard InChI is InChI=1S/C21H27N3O2/c1-21(2,3)16-7-9-17(10-8-16)24-19-11-6-15(13-22-19)20(25)23-14-18-5-4-12-26-18/h6-11,13,18H,4-5,12,14H2,1-3H3,(H,22,24)(H,23,25). The Labute approximate surface area is 155 Å². The smallest absolute Gasteiger partial charge is 0.252 e. The molecule has 0 radical (unpaired) electrons. The van der Waals surface area contributed by atoms with E-state index in [1.54, 1.807) is 12.3 Å². The summed E-state index contributed by atoms with van der Waals surface area (Å²) in [6.07, 6.45) is 3.81. The molecule has 1 fully saturated rings. The molecule has 0 spiro atoms. The van der Waals surface area contributed by atoms with Crippen LogP contribution in [0.3, 0.4) is 0 Å².